The number of anilines is 1. The van der Waals surface area contributed by atoms with Gasteiger partial charge in [0.05, 0.1) is 6.04 Å². The Morgan fingerprint density at radius 3 is 2.48 bits per heavy atom. The summed E-state index contributed by atoms with van der Waals surface area (Å²) in [5.74, 6) is -0.152. The second kappa shape index (κ2) is 7.33. The molecule has 1 aromatic carbocycles. The molecule has 3 N–H and O–H groups in total. The number of carbonyl (C=O) groups is 1. The average molecular weight is 300 g/mol. The van der Waals surface area contributed by atoms with Crippen molar-refractivity contribution in [1.82, 2.24) is 0 Å². The molecular weight excluding hydrogens is 282 g/mol. The first-order valence-electron chi connectivity index (χ1n) is 6.75. The smallest absolute Gasteiger partial charge is 0.387 e. The van der Waals surface area contributed by atoms with Gasteiger partial charge in [-0.3, -0.25) is 4.79 Å². The van der Waals surface area contributed by atoms with Crippen LogP contribution in [0, 0.1) is 5.92 Å². The van der Waals surface area contributed by atoms with Crippen LogP contribution in [0.25, 0.3) is 0 Å². The molecule has 7 heteroatoms. The van der Waals surface area contributed by atoms with Gasteiger partial charge in [0.25, 0.3) is 0 Å². The number of halogens is 2. The predicted octanol–water partition coefficient (Wildman–Crippen LogP) is 1.98. The molecule has 0 spiro atoms. The van der Waals surface area contributed by atoms with E-state index in [-0.39, 0.29) is 17.6 Å². The maximum absolute atomic E-state index is 12.0. The van der Waals surface area contributed by atoms with Gasteiger partial charge in [-0.2, -0.15) is 8.78 Å². The van der Waals surface area contributed by atoms with Gasteiger partial charge in [-0.15, -0.1) is 0 Å². The van der Waals surface area contributed by atoms with Crippen LogP contribution in [-0.4, -0.2) is 31.8 Å². The predicted molar refractivity (Wildman–Crippen MR) is 73.2 cm³/mol. The zero-order valence-electron chi connectivity index (χ0n) is 11.4. The second-order valence-electron chi connectivity index (χ2n) is 4.87. The molecule has 116 valence electrons. The quantitative estimate of drug-likeness (QED) is 0.872. The summed E-state index contributed by atoms with van der Waals surface area (Å²) in [5.41, 5.74) is 6.43. The number of ether oxygens (including phenoxy) is 2. The van der Waals surface area contributed by atoms with Crippen molar-refractivity contribution in [1.29, 1.82) is 0 Å². The van der Waals surface area contributed by atoms with Crippen LogP contribution in [0.2, 0.25) is 0 Å². The summed E-state index contributed by atoms with van der Waals surface area (Å²) in [4.78, 5) is 12.0. The Kier molecular flexibility index (Phi) is 5.46. The highest BCUT2D eigenvalue weighted by atomic mass is 19.3. The van der Waals surface area contributed by atoms with Crippen molar-refractivity contribution in [3.63, 3.8) is 0 Å². The molecule has 0 bridgehead atoms. The molecule has 1 aliphatic heterocycles. The number of hydrogen-bond acceptors (Lipinski definition) is 4. The van der Waals surface area contributed by atoms with Crippen molar-refractivity contribution in [3.05, 3.63) is 24.3 Å². The molecule has 21 heavy (non-hydrogen) atoms. The Hall–Kier alpha value is -1.73. The van der Waals surface area contributed by atoms with Crippen molar-refractivity contribution in [2.24, 2.45) is 11.7 Å². The van der Waals surface area contributed by atoms with Crippen LogP contribution in [0.15, 0.2) is 24.3 Å². The summed E-state index contributed by atoms with van der Waals surface area (Å²) in [5, 5.41) is 2.67. The van der Waals surface area contributed by atoms with Crippen molar-refractivity contribution in [3.8, 4) is 5.75 Å². The fraction of sp³-hybridized carbons (Fsp3) is 0.500. The fourth-order valence-electron chi connectivity index (χ4n) is 2.23. The van der Waals surface area contributed by atoms with Crippen molar-refractivity contribution in [2.75, 3.05) is 18.5 Å². The molecule has 1 saturated heterocycles. The summed E-state index contributed by atoms with van der Waals surface area (Å²) < 4.78 is 33.5. The van der Waals surface area contributed by atoms with E-state index < -0.39 is 12.7 Å². The highest BCUT2D eigenvalue weighted by Crippen LogP contribution is 2.20. The Morgan fingerprint density at radius 2 is 1.90 bits per heavy atom. The third kappa shape index (κ3) is 4.64. The maximum atomic E-state index is 12.0. The first-order valence-corrected chi connectivity index (χ1v) is 6.75. The Labute approximate surface area is 121 Å². The van der Waals surface area contributed by atoms with Gasteiger partial charge < -0.3 is 20.5 Å². The summed E-state index contributed by atoms with van der Waals surface area (Å²) in [6.45, 7) is -1.64. The molecule has 1 fully saturated rings. The summed E-state index contributed by atoms with van der Waals surface area (Å²) in [7, 11) is 0. The van der Waals surface area contributed by atoms with E-state index in [2.05, 4.69) is 10.1 Å². The van der Waals surface area contributed by atoms with E-state index in [1.165, 1.54) is 24.3 Å². The molecule has 1 atom stereocenters. The van der Waals surface area contributed by atoms with Gasteiger partial charge in [0.2, 0.25) is 5.91 Å². The van der Waals surface area contributed by atoms with Crippen molar-refractivity contribution < 1.29 is 23.0 Å². The minimum absolute atomic E-state index is 0.0386. The zero-order chi connectivity index (χ0) is 15.2. The molecule has 0 radical (unpaired) electrons. The number of hydrogen-bond donors (Lipinski definition) is 2. The summed E-state index contributed by atoms with van der Waals surface area (Å²) in [6.07, 6.45) is 1.52. The molecule has 0 aromatic heterocycles. The zero-order valence-corrected chi connectivity index (χ0v) is 11.4. The van der Waals surface area contributed by atoms with Crippen LogP contribution >= 0.6 is 0 Å². The van der Waals surface area contributed by atoms with E-state index in [0.717, 1.165) is 12.8 Å². The number of carbonyl (C=O) groups excluding carboxylic acids is 1. The maximum Gasteiger partial charge on any atom is 0.387 e. The highest BCUT2D eigenvalue weighted by Gasteiger charge is 2.26. The van der Waals surface area contributed by atoms with E-state index in [1.54, 1.807) is 0 Å². The van der Waals surface area contributed by atoms with Crippen LogP contribution in [0.3, 0.4) is 0 Å². The third-order valence-electron chi connectivity index (χ3n) is 3.42. The number of benzene rings is 1. The Morgan fingerprint density at radius 1 is 1.29 bits per heavy atom. The van der Waals surface area contributed by atoms with Crippen molar-refractivity contribution in [2.45, 2.75) is 25.5 Å². The molecular formula is C14H18F2N2O3. The lowest BCUT2D eigenvalue weighted by atomic mass is 9.92. The van der Waals surface area contributed by atoms with Crippen LogP contribution in [-0.2, 0) is 9.53 Å². The molecule has 1 aliphatic rings. The standard InChI is InChI=1S/C14H18F2N2O3/c15-14(16)21-11-3-1-10(2-4-11)18-13(19)12(17)9-5-7-20-8-6-9/h1-4,9,12,14H,5-8,17H2,(H,18,19). The molecule has 1 amide bonds. The molecule has 1 heterocycles. The van der Waals surface area contributed by atoms with Gasteiger partial charge in [0.1, 0.15) is 5.75 Å². The third-order valence-corrected chi connectivity index (χ3v) is 3.42. The van der Waals surface area contributed by atoms with Gasteiger partial charge in [0.15, 0.2) is 0 Å². The van der Waals surface area contributed by atoms with Gasteiger partial charge in [-0.05, 0) is 43.0 Å². The largest absolute Gasteiger partial charge is 0.435 e. The number of alkyl halides is 2. The fourth-order valence-corrected chi connectivity index (χ4v) is 2.23. The molecule has 2 rings (SSSR count). The highest BCUT2D eigenvalue weighted by molar-refractivity contribution is 5.94. The lowest BCUT2D eigenvalue weighted by Crippen LogP contribution is -2.43. The molecule has 0 saturated carbocycles. The summed E-state index contributed by atoms with van der Waals surface area (Å²) >= 11 is 0. The van der Waals surface area contributed by atoms with E-state index in [0.29, 0.717) is 18.9 Å². The van der Waals surface area contributed by atoms with Gasteiger partial charge in [0, 0.05) is 18.9 Å². The Bertz CT molecular complexity index is 462. The number of amides is 1. The van der Waals surface area contributed by atoms with Crippen molar-refractivity contribution >= 4 is 11.6 Å². The van der Waals surface area contributed by atoms with Gasteiger partial charge in [-0.25, -0.2) is 0 Å². The lowest BCUT2D eigenvalue weighted by Gasteiger charge is -2.26. The number of rotatable bonds is 5. The number of nitrogens with two attached hydrogens (primary N) is 1. The second-order valence-corrected chi connectivity index (χ2v) is 4.87. The molecule has 0 aliphatic carbocycles. The first kappa shape index (κ1) is 15.7. The van der Waals surface area contributed by atoms with Crippen LogP contribution in [0.4, 0.5) is 14.5 Å². The van der Waals surface area contributed by atoms with Gasteiger partial charge >= 0.3 is 6.61 Å². The topological polar surface area (TPSA) is 73.6 Å². The SMILES string of the molecule is NC(C(=O)Nc1ccc(OC(F)F)cc1)C1CCOCC1. The molecule has 1 aromatic rings. The van der Waals surface area contributed by atoms with E-state index >= 15 is 0 Å². The van der Waals surface area contributed by atoms with E-state index in [1.807, 2.05) is 0 Å². The molecule has 1 unspecified atom stereocenters. The minimum Gasteiger partial charge on any atom is -0.435 e. The normalized spacial score (nSPS) is 17.5. The monoisotopic (exact) mass is 300 g/mol. The van der Waals surface area contributed by atoms with Crippen LogP contribution in [0.5, 0.6) is 5.75 Å². The first-order chi connectivity index (χ1) is 10.1. The molecule has 5 nitrogen and oxygen atoms in total. The Balaban J connectivity index is 1.89. The summed E-state index contributed by atoms with van der Waals surface area (Å²) in [6, 6.07) is 5.10. The average Bonchev–Trinajstić information content (AvgIpc) is 2.49. The lowest BCUT2D eigenvalue weighted by molar-refractivity contribution is -0.119. The van der Waals surface area contributed by atoms with Gasteiger partial charge in [-0.1, -0.05) is 0 Å². The minimum atomic E-state index is -2.87. The van der Waals surface area contributed by atoms with E-state index in [4.69, 9.17) is 10.5 Å². The number of nitrogens with one attached hydrogen (secondary N) is 1. The van der Waals surface area contributed by atoms with E-state index in [9.17, 15) is 13.6 Å². The van der Waals surface area contributed by atoms with Crippen LogP contribution < -0.4 is 15.8 Å². The van der Waals surface area contributed by atoms with Crippen LogP contribution in [0.1, 0.15) is 12.8 Å².